The molecule has 3 aromatic carbocycles. The number of nitrogens with one attached hydrogen (secondary N) is 2. The largest absolute Gasteiger partial charge is 0.492 e. The molecule has 0 aliphatic carbocycles. The van der Waals surface area contributed by atoms with E-state index in [0.717, 1.165) is 26.5 Å². The van der Waals surface area contributed by atoms with Gasteiger partial charge in [-0.3, -0.25) is 0 Å². The number of aromatic nitrogens is 2. The Kier molecular flexibility index (Phi) is 6.31. The van der Waals surface area contributed by atoms with Crippen LogP contribution in [-0.2, 0) is 10.2 Å². The first kappa shape index (κ1) is 24.1. The van der Waals surface area contributed by atoms with Crippen LogP contribution in [0.1, 0.15) is 11.7 Å². The number of hydrogen-bond acceptors (Lipinski definition) is 7. The van der Waals surface area contributed by atoms with E-state index in [1.54, 1.807) is 6.07 Å². The van der Waals surface area contributed by atoms with Gasteiger partial charge in [0.25, 0.3) is 0 Å². The van der Waals surface area contributed by atoms with E-state index in [0.29, 0.717) is 22.7 Å². The Labute approximate surface area is 206 Å². The van der Waals surface area contributed by atoms with Gasteiger partial charge in [0, 0.05) is 49.5 Å². The van der Waals surface area contributed by atoms with E-state index in [1.807, 2.05) is 36.4 Å². The summed E-state index contributed by atoms with van der Waals surface area (Å²) in [4.78, 5) is 15.5. The molecule has 188 valence electrons. The van der Waals surface area contributed by atoms with E-state index in [-0.39, 0.29) is 17.6 Å². The Hall–Kier alpha value is -3.64. The number of oxazole rings is 1. The Morgan fingerprint density at radius 2 is 1.86 bits per heavy atom. The predicted molar refractivity (Wildman–Crippen MR) is 138 cm³/mol. The van der Waals surface area contributed by atoms with Crippen LogP contribution in [-0.4, -0.2) is 60.6 Å². The lowest BCUT2D eigenvalue weighted by Crippen LogP contribution is -2.34. The van der Waals surface area contributed by atoms with Crippen LogP contribution in [0.25, 0.3) is 32.9 Å². The lowest BCUT2D eigenvalue weighted by molar-refractivity contribution is 0.172. The molecule has 0 aliphatic heterocycles. The van der Waals surface area contributed by atoms with E-state index in [1.165, 1.54) is 31.6 Å². The zero-order chi connectivity index (χ0) is 25.4. The Balaban J connectivity index is 1.20. The summed E-state index contributed by atoms with van der Waals surface area (Å²) in [5.74, 6) is -0.270. The van der Waals surface area contributed by atoms with Crippen molar-refractivity contribution in [3.8, 4) is 5.75 Å². The van der Waals surface area contributed by atoms with Crippen LogP contribution in [0, 0.1) is 0 Å². The van der Waals surface area contributed by atoms with Gasteiger partial charge in [-0.25, -0.2) is 4.79 Å². The highest BCUT2D eigenvalue weighted by atomic mass is 32.2. The van der Waals surface area contributed by atoms with Crippen molar-refractivity contribution in [2.24, 2.45) is 0 Å². The molecule has 2 heterocycles. The van der Waals surface area contributed by atoms with Gasteiger partial charge in [0.1, 0.15) is 17.9 Å². The fraction of sp³-hybridized carbons (Fsp3) is 0.240. The minimum Gasteiger partial charge on any atom is -0.492 e. The molecule has 3 N–H and O–H groups in total. The number of H-pyrrole nitrogens is 1. The summed E-state index contributed by atoms with van der Waals surface area (Å²) in [5.41, 5.74) is 2.71. The van der Waals surface area contributed by atoms with Gasteiger partial charge in [0.2, 0.25) is 0 Å². The molecule has 10 nitrogen and oxygen atoms in total. The summed E-state index contributed by atoms with van der Waals surface area (Å²) in [6, 6.07) is 18.6. The molecule has 5 rings (SSSR count). The minimum absolute atomic E-state index is 0.0703. The number of ether oxygens (including phenoxy) is 1. The Bertz CT molecular complexity index is 1720. The van der Waals surface area contributed by atoms with Crippen molar-refractivity contribution in [1.82, 2.24) is 18.6 Å². The van der Waals surface area contributed by atoms with Gasteiger partial charge in [0.05, 0.1) is 11.6 Å². The molecular formula is C25H26N4O6S. The van der Waals surface area contributed by atoms with E-state index in [9.17, 15) is 18.3 Å². The van der Waals surface area contributed by atoms with Crippen LogP contribution < -0.4 is 15.8 Å². The maximum atomic E-state index is 12.5. The summed E-state index contributed by atoms with van der Waals surface area (Å²) in [5, 5.41) is 16.0. The second-order valence-corrected chi connectivity index (χ2v) is 10.6. The zero-order valence-corrected chi connectivity index (χ0v) is 20.6. The monoisotopic (exact) mass is 510 g/mol. The van der Waals surface area contributed by atoms with Crippen molar-refractivity contribution in [3.05, 3.63) is 76.8 Å². The fourth-order valence-electron chi connectivity index (χ4n) is 4.12. The number of para-hydroxylation sites is 1. The van der Waals surface area contributed by atoms with Gasteiger partial charge < -0.3 is 24.6 Å². The highest BCUT2D eigenvalue weighted by Gasteiger charge is 2.25. The van der Waals surface area contributed by atoms with Crippen molar-refractivity contribution < 1.29 is 22.7 Å². The predicted octanol–water partition coefficient (Wildman–Crippen LogP) is 2.59. The summed E-state index contributed by atoms with van der Waals surface area (Å²) in [6.45, 7) is 1.08. The first-order valence-corrected chi connectivity index (χ1v) is 12.8. The van der Waals surface area contributed by atoms with Crippen molar-refractivity contribution in [3.63, 3.8) is 0 Å². The van der Waals surface area contributed by atoms with Gasteiger partial charge in [0.15, 0.2) is 5.58 Å². The molecule has 0 amide bonds. The molecule has 0 bridgehead atoms. The number of benzene rings is 3. The Morgan fingerprint density at radius 3 is 2.67 bits per heavy atom. The van der Waals surface area contributed by atoms with Crippen LogP contribution >= 0.6 is 0 Å². The summed E-state index contributed by atoms with van der Waals surface area (Å²) >= 11 is 0. The molecule has 1 atom stereocenters. The molecule has 0 aliphatic rings. The maximum absolute atomic E-state index is 12.5. The molecule has 0 saturated carbocycles. The van der Waals surface area contributed by atoms with E-state index in [4.69, 9.17) is 9.15 Å². The second kappa shape index (κ2) is 9.43. The molecular weight excluding hydrogens is 484 g/mol. The van der Waals surface area contributed by atoms with Crippen LogP contribution in [0.2, 0.25) is 0 Å². The van der Waals surface area contributed by atoms with Crippen molar-refractivity contribution in [2.75, 3.05) is 33.8 Å². The quantitative estimate of drug-likeness (QED) is 0.260. The number of nitrogens with zero attached hydrogens (tertiary/aromatic N) is 2. The number of aliphatic hydroxyl groups is 1. The summed E-state index contributed by atoms with van der Waals surface area (Å²) in [6.07, 6.45) is -0.933. The maximum Gasteiger partial charge on any atom is 0.435 e. The molecule has 2 aromatic heterocycles. The third kappa shape index (κ3) is 4.37. The van der Waals surface area contributed by atoms with Crippen LogP contribution in [0.5, 0.6) is 5.75 Å². The van der Waals surface area contributed by atoms with Crippen LogP contribution in [0.4, 0.5) is 0 Å². The third-order valence-corrected chi connectivity index (χ3v) is 7.73. The lowest BCUT2D eigenvalue weighted by Gasteiger charge is -2.14. The number of rotatable bonds is 9. The van der Waals surface area contributed by atoms with Crippen LogP contribution in [0.3, 0.4) is 0 Å². The first-order chi connectivity index (χ1) is 17.3. The molecule has 0 saturated heterocycles. The second-order valence-electron chi connectivity index (χ2n) is 8.60. The standard InChI is InChI=1S/C25H26N4O6S/c1-28(2)36(32,33)29-22-13-16(7-10-24(22)35-25(29)31)23(30)15-26-11-12-34-17-8-9-19-18-5-3-4-6-20(18)27-21(19)14-17/h3-10,13-14,23,26-27,30H,11-12,15H2,1-2H3/t23-/m0/s1. The molecule has 0 unspecified atom stereocenters. The summed E-state index contributed by atoms with van der Waals surface area (Å²) in [7, 11) is -1.43. The SMILES string of the molecule is CN(C)S(=O)(=O)n1c(=O)oc2ccc([C@@H](O)CNCCOc3ccc4c(c3)[nH]c3ccccc34)cc21. The van der Waals surface area contributed by atoms with E-state index >= 15 is 0 Å². The molecule has 36 heavy (non-hydrogen) atoms. The van der Waals surface area contributed by atoms with E-state index < -0.39 is 22.1 Å². The summed E-state index contributed by atoms with van der Waals surface area (Å²) < 4.78 is 37.5. The smallest absolute Gasteiger partial charge is 0.435 e. The van der Waals surface area contributed by atoms with Crippen LogP contribution in [0.15, 0.2) is 69.9 Å². The highest BCUT2D eigenvalue weighted by molar-refractivity contribution is 7.87. The van der Waals surface area contributed by atoms with Gasteiger partial charge in [-0.15, -0.1) is 0 Å². The molecule has 5 aromatic rings. The van der Waals surface area contributed by atoms with Crippen molar-refractivity contribution in [2.45, 2.75) is 6.10 Å². The average molecular weight is 511 g/mol. The van der Waals surface area contributed by atoms with Gasteiger partial charge in [-0.1, -0.05) is 24.3 Å². The molecule has 0 fully saturated rings. The zero-order valence-electron chi connectivity index (χ0n) is 19.8. The lowest BCUT2D eigenvalue weighted by atomic mass is 10.1. The molecule has 0 radical (unpaired) electrons. The third-order valence-electron chi connectivity index (χ3n) is 6.00. The number of aliphatic hydroxyl groups excluding tert-OH is 1. The minimum atomic E-state index is -4.08. The number of aromatic amines is 1. The normalized spacial score (nSPS) is 13.2. The average Bonchev–Trinajstić information content (AvgIpc) is 3.39. The van der Waals surface area contributed by atoms with Crippen molar-refractivity contribution >= 4 is 43.1 Å². The molecule has 11 heteroatoms. The number of fused-ring (bicyclic) bond motifs is 4. The Morgan fingerprint density at radius 1 is 1.08 bits per heavy atom. The fourth-order valence-corrected chi connectivity index (χ4v) is 5.07. The van der Waals surface area contributed by atoms with Gasteiger partial charge in [-0.2, -0.15) is 16.7 Å². The molecule has 0 spiro atoms. The van der Waals surface area contributed by atoms with Gasteiger partial charge in [-0.05, 0) is 35.9 Å². The van der Waals surface area contributed by atoms with E-state index in [2.05, 4.69) is 16.4 Å². The van der Waals surface area contributed by atoms with Gasteiger partial charge >= 0.3 is 16.0 Å². The first-order valence-electron chi connectivity index (χ1n) is 11.4. The highest BCUT2D eigenvalue weighted by Crippen LogP contribution is 2.28. The number of hydrogen-bond donors (Lipinski definition) is 3. The topological polar surface area (TPSA) is 130 Å². The van der Waals surface area contributed by atoms with Crippen molar-refractivity contribution in [1.29, 1.82) is 0 Å².